The predicted molar refractivity (Wildman–Crippen MR) is 67.3 cm³/mol. The van der Waals surface area contributed by atoms with Crippen molar-refractivity contribution in [3.05, 3.63) is 11.1 Å². The molecule has 1 rings (SSSR count). The van der Waals surface area contributed by atoms with Crippen LogP contribution in [0.3, 0.4) is 0 Å². The number of carboxylic acids is 1. The fourth-order valence-electron chi connectivity index (χ4n) is 1.22. The van der Waals surface area contributed by atoms with Gasteiger partial charge in [0.2, 0.25) is 0 Å². The van der Waals surface area contributed by atoms with Crippen LogP contribution in [0.1, 0.15) is 19.0 Å². The SMILES string of the molecule is CCNC(CCSc1nc(C)cs1)C(=O)O. The van der Waals surface area contributed by atoms with Crippen molar-refractivity contribution in [3.8, 4) is 0 Å². The van der Waals surface area contributed by atoms with Crippen LogP contribution in [-0.2, 0) is 4.79 Å². The van der Waals surface area contributed by atoms with E-state index >= 15 is 0 Å². The lowest BCUT2D eigenvalue weighted by Crippen LogP contribution is -2.36. The van der Waals surface area contributed by atoms with Crippen LogP contribution in [0.5, 0.6) is 0 Å². The number of aromatic nitrogens is 1. The molecule has 0 bridgehead atoms. The molecule has 0 aliphatic rings. The van der Waals surface area contributed by atoms with Crippen molar-refractivity contribution in [1.82, 2.24) is 10.3 Å². The Kier molecular flexibility index (Phi) is 5.79. The summed E-state index contributed by atoms with van der Waals surface area (Å²) in [4.78, 5) is 15.2. The summed E-state index contributed by atoms with van der Waals surface area (Å²) in [6, 6.07) is -0.446. The summed E-state index contributed by atoms with van der Waals surface area (Å²) in [6.45, 7) is 4.55. The van der Waals surface area contributed by atoms with E-state index in [-0.39, 0.29) is 0 Å². The second-order valence-electron chi connectivity index (χ2n) is 3.34. The Morgan fingerprint density at radius 3 is 3.00 bits per heavy atom. The molecule has 0 saturated heterocycles. The van der Waals surface area contributed by atoms with E-state index in [1.54, 1.807) is 23.1 Å². The Balaban J connectivity index is 2.30. The molecule has 1 atom stereocenters. The third-order valence-electron chi connectivity index (χ3n) is 1.98. The monoisotopic (exact) mass is 260 g/mol. The zero-order valence-electron chi connectivity index (χ0n) is 9.40. The van der Waals surface area contributed by atoms with Crippen LogP contribution in [0, 0.1) is 6.92 Å². The van der Waals surface area contributed by atoms with Crippen LogP contribution < -0.4 is 5.32 Å². The van der Waals surface area contributed by atoms with Crippen LogP contribution in [-0.4, -0.2) is 34.4 Å². The summed E-state index contributed by atoms with van der Waals surface area (Å²) in [6.07, 6.45) is 0.618. The van der Waals surface area contributed by atoms with Crippen molar-refractivity contribution in [2.75, 3.05) is 12.3 Å². The molecule has 16 heavy (non-hydrogen) atoms. The van der Waals surface area contributed by atoms with Gasteiger partial charge in [-0.05, 0) is 19.9 Å². The first-order chi connectivity index (χ1) is 7.63. The lowest BCUT2D eigenvalue weighted by atomic mass is 10.2. The van der Waals surface area contributed by atoms with Gasteiger partial charge in [-0.25, -0.2) is 4.98 Å². The van der Waals surface area contributed by atoms with Gasteiger partial charge in [0.15, 0.2) is 0 Å². The molecule has 4 nitrogen and oxygen atoms in total. The number of aryl methyl sites for hydroxylation is 1. The number of carbonyl (C=O) groups is 1. The van der Waals surface area contributed by atoms with Crippen LogP contribution in [0.15, 0.2) is 9.72 Å². The molecule has 0 amide bonds. The van der Waals surface area contributed by atoms with Crippen molar-refractivity contribution in [2.24, 2.45) is 0 Å². The highest BCUT2D eigenvalue weighted by Crippen LogP contribution is 2.23. The van der Waals surface area contributed by atoms with Crippen molar-refractivity contribution < 1.29 is 9.90 Å². The van der Waals surface area contributed by atoms with E-state index in [1.165, 1.54) is 0 Å². The quantitative estimate of drug-likeness (QED) is 0.734. The Bertz CT molecular complexity index is 341. The number of aliphatic carboxylic acids is 1. The van der Waals surface area contributed by atoms with E-state index in [0.717, 1.165) is 15.8 Å². The van der Waals surface area contributed by atoms with Crippen molar-refractivity contribution >= 4 is 29.1 Å². The highest BCUT2D eigenvalue weighted by Gasteiger charge is 2.15. The van der Waals surface area contributed by atoms with Crippen molar-refractivity contribution in [1.29, 1.82) is 0 Å². The maximum atomic E-state index is 10.9. The molecule has 2 N–H and O–H groups in total. The largest absolute Gasteiger partial charge is 0.480 e. The number of thioether (sulfide) groups is 1. The van der Waals surface area contributed by atoms with Crippen LogP contribution >= 0.6 is 23.1 Å². The molecule has 1 heterocycles. The summed E-state index contributed by atoms with van der Waals surface area (Å²) >= 11 is 3.22. The summed E-state index contributed by atoms with van der Waals surface area (Å²) in [5.41, 5.74) is 1.02. The molecule has 6 heteroatoms. The second-order valence-corrected chi connectivity index (χ2v) is 5.54. The van der Waals surface area contributed by atoms with E-state index in [9.17, 15) is 4.79 Å². The predicted octanol–water partition coefficient (Wildman–Crippen LogP) is 2.00. The second kappa shape index (κ2) is 6.88. The van der Waals surface area contributed by atoms with Gasteiger partial charge < -0.3 is 10.4 Å². The van der Waals surface area contributed by atoms with Crippen LogP contribution in [0.25, 0.3) is 0 Å². The maximum absolute atomic E-state index is 10.9. The number of likely N-dealkylation sites (N-methyl/N-ethyl adjacent to an activating group) is 1. The van der Waals surface area contributed by atoms with Gasteiger partial charge in [0.25, 0.3) is 0 Å². The minimum atomic E-state index is -0.780. The average Bonchev–Trinajstić information content (AvgIpc) is 2.63. The number of thiazole rings is 1. The molecule has 1 aromatic heterocycles. The fraction of sp³-hybridized carbons (Fsp3) is 0.600. The molecule has 0 aromatic carbocycles. The standard InChI is InChI=1S/C10H16N2O2S2/c1-3-11-8(9(13)14)4-5-15-10-12-7(2)6-16-10/h6,8,11H,3-5H2,1-2H3,(H,13,14). The number of nitrogens with zero attached hydrogens (tertiary/aromatic N) is 1. The van der Waals surface area contributed by atoms with Gasteiger partial charge in [0.1, 0.15) is 10.4 Å². The number of nitrogens with one attached hydrogen (secondary N) is 1. The van der Waals surface area contributed by atoms with E-state index in [4.69, 9.17) is 5.11 Å². The first-order valence-electron chi connectivity index (χ1n) is 5.14. The van der Waals surface area contributed by atoms with Gasteiger partial charge in [0, 0.05) is 16.8 Å². The molecule has 0 aliphatic heterocycles. The molecule has 0 saturated carbocycles. The third-order valence-corrected chi connectivity index (χ3v) is 4.15. The number of rotatable bonds is 7. The van der Waals surface area contributed by atoms with Gasteiger partial charge in [-0.3, -0.25) is 4.79 Å². The number of carboxylic acid groups (broad SMARTS) is 1. The van der Waals surface area contributed by atoms with Crippen LogP contribution in [0.4, 0.5) is 0 Å². The molecule has 0 radical (unpaired) electrons. The highest BCUT2D eigenvalue weighted by molar-refractivity contribution is 8.01. The Hall–Kier alpha value is -0.590. The number of hydrogen-bond donors (Lipinski definition) is 2. The molecular weight excluding hydrogens is 244 g/mol. The maximum Gasteiger partial charge on any atom is 0.320 e. The van der Waals surface area contributed by atoms with Crippen molar-refractivity contribution in [3.63, 3.8) is 0 Å². The Labute approximate surface area is 103 Å². The van der Waals surface area contributed by atoms with Crippen LogP contribution in [0.2, 0.25) is 0 Å². The topological polar surface area (TPSA) is 62.2 Å². The van der Waals surface area contributed by atoms with Gasteiger partial charge >= 0.3 is 5.97 Å². The van der Waals surface area contributed by atoms with E-state index in [0.29, 0.717) is 13.0 Å². The lowest BCUT2D eigenvalue weighted by molar-refractivity contribution is -0.139. The Morgan fingerprint density at radius 2 is 2.50 bits per heavy atom. The number of hydrogen-bond acceptors (Lipinski definition) is 5. The first kappa shape index (κ1) is 13.5. The summed E-state index contributed by atoms with van der Waals surface area (Å²) in [5, 5.41) is 13.9. The minimum absolute atomic E-state index is 0.446. The molecule has 1 aromatic rings. The van der Waals surface area contributed by atoms with Gasteiger partial charge in [-0.2, -0.15) is 0 Å². The fourth-order valence-corrected chi connectivity index (χ4v) is 3.15. The molecule has 0 spiro atoms. The molecule has 90 valence electrons. The minimum Gasteiger partial charge on any atom is -0.480 e. The molecule has 1 unspecified atom stereocenters. The van der Waals surface area contributed by atoms with Gasteiger partial charge in [0.05, 0.1) is 0 Å². The first-order valence-corrected chi connectivity index (χ1v) is 7.01. The Morgan fingerprint density at radius 1 is 1.75 bits per heavy atom. The van der Waals surface area contributed by atoms with E-state index in [2.05, 4.69) is 10.3 Å². The highest BCUT2D eigenvalue weighted by atomic mass is 32.2. The average molecular weight is 260 g/mol. The van der Waals surface area contributed by atoms with Gasteiger partial charge in [-0.1, -0.05) is 18.7 Å². The third kappa shape index (κ3) is 4.51. The smallest absolute Gasteiger partial charge is 0.320 e. The lowest BCUT2D eigenvalue weighted by Gasteiger charge is -2.11. The molecule has 0 fully saturated rings. The zero-order valence-corrected chi connectivity index (χ0v) is 11.0. The summed E-state index contributed by atoms with van der Waals surface area (Å²) in [5.74, 6) is -0.00512. The van der Waals surface area contributed by atoms with E-state index in [1.807, 2.05) is 19.2 Å². The van der Waals surface area contributed by atoms with Gasteiger partial charge in [-0.15, -0.1) is 11.3 Å². The summed E-state index contributed by atoms with van der Waals surface area (Å²) in [7, 11) is 0. The molecular formula is C10H16N2O2S2. The van der Waals surface area contributed by atoms with Crippen molar-refractivity contribution in [2.45, 2.75) is 30.6 Å². The molecule has 0 aliphatic carbocycles. The summed E-state index contributed by atoms with van der Waals surface area (Å²) < 4.78 is 1.01. The van der Waals surface area contributed by atoms with E-state index < -0.39 is 12.0 Å². The zero-order chi connectivity index (χ0) is 12.0. The normalized spacial score (nSPS) is 12.6.